The van der Waals surface area contributed by atoms with Gasteiger partial charge in [-0.15, -0.1) is 11.3 Å². The van der Waals surface area contributed by atoms with E-state index in [1.54, 1.807) is 16.8 Å². The number of rotatable bonds is 4. The van der Waals surface area contributed by atoms with Crippen LogP contribution in [0.1, 0.15) is 22.6 Å². The number of carbonyl (C=O) groups is 1. The van der Waals surface area contributed by atoms with Crippen LogP contribution in [0.4, 0.5) is 5.13 Å². The van der Waals surface area contributed by atoms with Gasteiger partial charge in [-0.05, 0) is 39.0 Å². The molecule has 0 aliphatic carbocycles. The highest BCUT2D eigenvalue weighted by Crippen LogP contribution is 2.26. The van der Waals surface area contributed by atoms with Crippen molar-refractivity contribution in [1.82, 2.24) is 14.8 Å². The van der Waals surface area contributed by atoms with E-state index in [9.17, 15) is 4.79 Å². The largest absolute Gasteiger partial charge is 0.302 e. The first-order chi connectivity index (χ1) is 11.8. The molecule has 0 atom stereocenters. The van der Waals surface area contributed by atoms with Gasteiger partial charge in [0.1, 0.15) is 0 Å². The summed E-state index contributed by atoms with van der Waals surface area (Å²) in [6, 6.07) is 5.33. The average Bonchev–Trinajstić information content (AvgIpc) is 3.08. The SMILES string of the molecule is Cc1csc(NC(=O)Cc2c(C)nn(-c3ccc(Cl)c(Cl)c3)c2C)n1. The topological polar surface area (TPSA) is 59.8 Å². The molecule has 0 spiro atoms. The van der Waals surface area contributed by atoms with E-state index in [1.165, 1.54) is 11.3 Å². The van der Waals surface area contributed by atoms with Gasteiger partial charge >= 0.3 is 0 Å². The summed E-state index contributed by atoms with van der Waals surface area (Å²) in [5.74, 6) is -0.116. The van der Waals surface area contributed by atoms with E-state index >= 15 is 0 Å². The molecule has 3 rings (SSSR count). The first kappa shape index (κ1) is 17.9. The van der Waals surface area contributed by atoms with Crippen LogP contribution < -0.4 is 5.32 Å². The van der Waals surface area contributed by atoms with E-state index in [1.807, 2.05) is 32.2 Å². The molecule has 1 aromatic carbocycles. The Bertz CT molecular complexity index is 948. The van der Waals surface area contributed by atoms with E-state index in [-0.39, 0.29) is 12.3 Å². The number of anilines is 1. The quantitative estimate of drug-likeness (QED) is 0.694. The number of carbonyl (C=O) groups excluding carboxylic acids is 1. The van der Waals surface area contributed by atoms with Crippen molar-refractivity contribution in [3.63, 3.8) is 0 Å². The third kappa shape index (κ3) is 3.86. The van der Waals surface area contributed by atoms with Crippen molar-refractivity contribution in [2.24, 2.45) is 0 Å². The van der Waals surface area contributed by atoms with Crippen molar-refractivity contribution >= 4 is 45.6 Å². The van der Waals surface area contributed by atoms with Gasteiger partial charge in [-0.25, -0.2) is 9.67 Å². The monoisotopic (exact) mass is 394 g/mol. The van der Waals surface area contributed by atoms with Crippen LogP contribution in [-0.4, -0.2) is 20.7 Å². The van der Waals surface area contributed by atoms with Crippen molar-refractivity contribution < 1.29 is 4.79 Å². The predicted octanol–water partition coefficient (Wildman–Crippen LogP) is 4.74. The molecule has 8 heteroatoms. The third-order valence-electron chi connectivity index (χ3n) is 3.79. The van der Waals surface area contributed by atoms with Crippen LogP contribution >= 0.6 is 34.5 Å². The first-order valence-corrected chi connectivity index (χ1v) is 9.21. The molecule has 0 bridgehead atoms. The maximum atomic E-state index is 12.3. The Hall–Kier alpha value is -1.89. The van der Waals surface area contributed by atoms with Gasteiger partial charge in [0.05, 0.1) is 33.5 Å². The highest BCUT2D eigenvalue weighted by atomic mass is 35.5. The number of thiazole rings is 1. The molecule has 1 amide bonds. The number of nitrogens with zero attached hydrogens (tertiary/aromatic N) is 3. The molecule has 0 aliphatic heterocycles. The van der Waals surface area contributed by atoms with Crippen molar-refractivity contribution in [3.8, 4) is 5.69 Å². The number of aryl methyl sites for hydroxylation is 2. The van der Waals surface area contributed by atoms with Crippen LogP contribution in [0, 0.1) is 20.8 Å². The summed E-state index contributed by atoms with van der Waals surface area (Å²) >= 11 is 13.5. The van der Waals surface area contributed by atoms with Gasteiger partial charge in [-0.2, -0.15) is 5.10 Å². The molecule has 0 aliphatic rings. The zero-order valence-electron chi connectivity index (χ0n) is 13.9. The zero-order valence-corrected chi connectivity index (χ0v) is 16.3. The lowest BCUT2D eigenvalue weighted by Crippen LogP contribution is -2.15. The van der Waals surface area contributed by atoms with Gasteiger partial charge in [-0.3, -0.25) is 4.79 Å². The maximum Gasteiger partial charge on any atom is 0.230 e. The number of halogens is 2. The Morgan fingerprint density at radius 3 is 2.64 bits per heavy atom. The smallest absolute Gasteiger partial charge is 0.230 e. The minimum atomic E-state index is -0.116. The van der Waals surface area contributed by atoms with Gasteiger partial charge < -0.3 is 5.32 Å². The second kappa shape index (κ2) is 7.15. The Labute approximate surface area is 159 Å². The van der Waals surface area contributed by atoms with Crippen molar-refractivity contribution in [2.75, 3.05) is 5.32 Å². The van der Waals surface area contributed by atoms with Crippen LogP contribution in [0.15, 0.2) is 23.6 Å². The lowest BCUT2D eigenvalue weighted by Gasteiger charge is -2.07. The molecule has 1 N–H and O–H groups in total. The Morgan fingerprint density at radius 1 is 1.24 bits per heavy atom. The third-order valence-corrected chi connectivity index (χ3v) is 5.41. The van der Waals surface area contributed by atoms with Gasteiger partial charge in [0.25, 0.3) is 0 Å². The van der Waals surface area contributed by atoms with Crippen LogP contribution in [0.2, 0.25) is 10.0 Å². The minimum Gasteiger partial charge on any atom is -0.302 e. The molecular weight excluding hydrogens is 379 g/mol. The highest BCUT2D eigenvalue weighted by molar-refractivity contribution is 7.13. The molecule has 2 heterocycles. The fraction of sp³-hybridized carbons (Fsp3) is 0.235. The van der Waals surface area contributed by atoms with Crippen molar-refractivity contribution in [1.29, 1.82) is 0 Å². The molecule has 0 saturated carbocycles. The molecule has 130 valence electrons. The fourth-order valence-corrected chi connectivity index (χ4v) is 3.53. The molecule has 0 saturated heterocycles. The minimum absolute atomic E-state index is 0.116. The van der Waals surface area contributed by atoms with E-state index < -0.39 is 0 Å². The number of hydrogen-bond donors (Lipinski definition) is 1. The van der Waals surface area contributed by atoms with Crippen LogP contribution in [-0.2, 0) is 11.2 Å². The standard InChI is InChI=1S/C17H16Cl2N4OS/c1-9-8-25-17(20-9)21-16(24)7-13-10(2)22-23(11(13)3)12-4-5-14(18)15(19)6-12/h4-6,8H,7H2,1-3H3,(H,20,21,24). The van der Waals surface area contributed by atoms with E-state index in [0.29, 0.717) is 15.2 Å². The number of aromatic nitrogens is 3. The number of amides is 1. The Kier molecular flexibility index (Phi) is 5.13. The van der Waals surface area contributed by atoms with E-state index in [0.717, 1.165) is 28.3 Å². The van der Waals surface area contributed by atoms with Crippen LogP contribution in [0.25, 0.3) is 5.69 Å². The highest BCUT2D eigenvalue weighted by Gasteiger charge is 2.17. The zero-order chi connectivity index (χ0) is 18.1. The first-order valence-electron chi connectivity index (χ1n) is 7.57. The molecule has 0 radical (unpaired) electrons. The second-order valence-corrected chi connectivity index (χ2v) is 7.35. The lowest BCUT2D eigenvalue weighted by atomic mass is 10.1. The van der Waals surface area contributed by atoms with Crippen LogP contribution in [0.5, 0.6) is 0 Å². The van der Waals surface area contributed by atoms with Gasteiger partial charge in [-0.1, -0.05) is 23.2 Å². The van der Waals surface area contributed by atoms with Gasteiger partial charge in [0.2, 0.25) is 5.91 Å². The maximum absolute atomic E-state index is 12.3. The molecule has 2 aromatic heterocycles. The van der Waals surface area contributed by atoms with E-state index in [4.69, 9.17) is 23.2 Å². The summed E-state index contributed by atoms with van der Waals surface area (Å²) < 4.78 is 1.77. The Balaban J connectivity index is 1.84. The molecule has 5 nitrogen and oxygen atoms in total. The lowest BCUT2D eigenvalue weighted by molar-refractivity contribution is -0.115. The summed E-state index contributed by atoms with van der Waals surface area (Å²) in [4.78, 5) is 16.6. The number of benzene rings is 1. The molecule has 25 heavy (non-hydrogen) atoms. The summed E-state index contributed by atoms with van der Waals surface area (Å²) in [7, 11) is 0. The molecular formula is C17H16Cl2N4OS. The van der Waals surface area contributed by atoms with Crippen molar-refractivity contribution in [3.05, 3.63) is 56.3 Å². The average molecular weight is 395 g/mol. The molecule has 0 unspecified atom stereocenters. The number of hydrogen-bond acceptors (Lipinski definition) is 4. The van der Waals surface area contributed by atoms with E-state index in [2.05, 4.69) is 15.4 Å². The number of nitrogens with one attached hydrogen (secondary N) is 1. The fourth-order valence-electron chi connectivity index (χ4n) is 2.53. The predicted molar refractivity (Wildman–Crippen MR) is 102 cm³/mol. The van der Waals surface area contributed by atoms with Crippen LogP contribution in [0.3, 0.4) is 0 Å². The van der Waals surface area contributed by atoms with Gasteiger partial charge in [0, 0.05) is 16.6 Å². The second-order valence-electron chi connectivity index (χ2n) is 5.68. The normalized spacial score (nSPS) is 10.9. The van der Waals surface area contributed by atoms with Crippen molar-refractivity contribution in [2.45, 2.75) is 27.2 Å². The summed E-state index contributed by atoms with van der Waals surface area (Å²) in [5, 5.41) is 10.8. The summed E-state index contributed by atoms with van der Waals surface area (Å²) in [5.41, 5.74) is 4.27. The summed E-state index contributed by atoms with van der Waals surface area (Å²) in [6.07, 6.45) is 0.234. The summed E-state index contributed by atoms with van der Waals surface area (Å²) in [6.45, 7) is 5.71. The van der Waals surface area contributed by atoms with Gasteiger partial charge in [0.15, 0.2) is 5.13 Å². The molecule has 0 fully saturated rings. The molecule has 3 aromatic rings. The Morgan fingerprint density at radius 2 is 2.00 bits per heavy atom.